The summed E-state index contributed by atoms with van der Waals surface area (Å²) in [5, 5.41) is 3.33. The van der Waals surface area contributed by atoms with Gasteiger partial charge in [-0.05, 0) is 67.8 Å². The molecule has 0 heterocycles. The molecule has 0 aromatic heterocycles. The first-order valence-corrected chi connectivity index (χ1v) is 10.5. The second-order valence-corrected chi connectivity index (χ2v) is 9.20. The van der Waals surface area contributed by atoms with Crippen LogP contribution in [0.3, 0.4) is 0 Å². The Kier molecular flexibility index (Phi) is 4.64. The van der Waals surface area contributed by atoms with Gasteiger partial charge < -0.3 is 5.32 Å². The quantitative estimate of drug-likeness (QED) is 0.678. The van der Waals surface area contributed by atoms with Gasteiger partial charge in [0.25, 0.3) is 0 Å². The molecule has 4 fully saturated rings. The molecule has 1 amide bonds. The number of amides is 1. The Morgan fingerprint density at radius 3 is 2.44 bits per heavy atom. The number of benzene rings is 1. The number of hydrogen-bond acceptors (Lipinski definition) is 1. The van der Waals surface area contributed by atoms with Crippen LogP contribution in [0.25, 0.3) is 0 Å². The predicted molar refractivity (Wildman–Crippen MR) is 102 cm³/mol. The highest BCUT2D eigenvalue weighted by Gasteiger charge is 2.60. The van der Waals surface area contributed by atoms with Crippen molar-refractivity contribution in [3.05, 3.63) is 35.9 Å². The lowest BCUT2D eigenvalue weighted by Crippen LogP contribution is -2.59. The third-order valence-corrected chi connectivity index (χ3v) is 7.24. The SMILES string of the molecule is CCCCCCNC(=O)C12C[C@H]3C[C@H](C1)CC(c1ccccc1)(C3)C2. The van der Waals surface area contributed by atoms with Gasteiger partial charge in [-0.25, -0.2) is 0 Å². The van der Waals surface area contributed by atoms with Crippen molar-refractivity contribution in [1.29, 1.82) is 0 Å². The van der Waals surface area contributed by atoms with Crippen molar-refractivity contribution >= 4 is 5.91 Å². The summed E-state index contributed by atoms with van der Waals surface area (Å²) in [4.78, 5) is 13.2. The lowest BCUT2D eigenvalue weighted by atomic mass is 9.42. The first-order valence-electron chi connectivity index (χ1n) is 10.5. The van der Waals surface area contributed by atoms with E-state index in [0.29, 0.717) is 5.91 Å². The second kappa shape index (κ2) is 6.78. The molecule has 2 heteroatoms. The highest BCUT2D eigenvalue weighted by Crippen LogP contribution is 2.65. The van der Waals surface area contributed by atoms with Gasteiger partial charge >= 0.3 is 0 Å². The van der Waals surface area contributed by atoms with E-state index in [1.807, 2.05) is 0 Å². The van der Waals surface area contributed by atoms with Gasteiger partial charge in [-0.3, -0.25) is 4.79 Å². The minimum absolute atomic E-state index is 0.0787. The van der Waals surface area contributed by atoms with E-state index < -0.39 is 0 Å². The molecular weight excluding hydrogens is 306 g/mol. The van der Waals surface area contributed by atoms with Crippen LogP contribution in [-0.4, -0.2) is 12.5 Å². The molecule has 4 aliphatic carbocycles. The molecule has 2 nitrogen and oxygen atoms in total. The van der Waals surface area contributed by atoms with Crippen LogP contribution in [0.1, 0.15) is 76.7 Å². The van der Waals surface area contributed by atoms with E-state index in [1.165, 1.54) is 44.1 Å². The van der Waals surface area contributed by atoms with Crippen LogP contribution in [0.5, 0.6) is 0 Å². The maximum Gasteiger partial charge on any atom is 0.226 e. The number of hydrogen-bond donors (Lipinski definition) is 1. The molecule has 1 N–H and O–H groups in total. The van der Waals surface area contributed by atoms with Gasteiger partial charge in [0, 0.05) is 6.54 Å². The van der Waals surface area contributed by atoms with E-state index in [0.717, 1.165) is 44.1 Å². The second-order valence-electron chi connectivity index (χ2n) is 9.20. The fraction of sp³-hybridized carbons (Fsp3) is 0.696. The Balaban J connectivity index is 1.50. The largest absolute Gasteiger partial charge is 0.356 e. The Morgan fingerprint density at radius 2 is 1.76 bits per heavy atom. The van der Waals surface area contributed by atoms with E-state index in [1.54, 1.807) is 0 Å². The Bertz CT molecular complexity index is 594. The third-order valence-electron chi connectivity index (χ3n) is 7.24. The van der Waals surface area contributed by atoms with Crippen molar-refractivity contribution in [2.24, 2.45) is 17.3 Å². The van der Waals surface area contributed by atoms with Crippen LogP contribution in [0.15, 0.2) is 30.3 Å². The average molecular weight is 340 g/mol. The fourth-order valence-electron chi connectivity index (χ4n) is 6.60. The van der Waals surface area contributed by atoms with Gasteiger partial charge in [-0.2, -0.15) is 0 Å². The molecule has 0 radical (unpaired) electrons. The number of unbranched alkanes of at least 4 members (excludes halogenated alkanes) is 3. The highest BCUT2D eigenvalue weighted by molar-refractivity contribution is 5.83. The van der Waals surface area contributed by atoms with Crippen molar-refractivity contribution in [3.63, 3.8) is 0 Å². The zero-order chi connectivity index (χ0) is 17.3. The van der Waals surface area contributed by atoms with Crippen molar-refractivity contribution in [2.75, 3.05) is 6.54 Å². The van der Waals surface area contributed by atoms with E-state index in [9.17, 15) is 4.79 Å². The number of nitrogens with one attached hydrogen (secondary N) is 1. The molecule has 4 bridgehead atoms. The first-order chi connectivity index (χ1) is 12.2. The predicted octanol–water partition coefficient (Wildman–Crippen LogP) is 5.22. The summed E-state index contributed by atoms with van der Waals surface area (Å²) < 4.78 is 0. The molecule has 4 saturated carbocycles. The molecule has 136 valence electrons. The molecule has 0 spiro atoms. The minimum Gasteiger partial charge on any atom is -0.356 e. The summed E-state index contributed by atoms with van der Waals surface area (Å²) in [7, 11) is 0. The molecule has 25 heavy (non-hydrogen) atoms. The standard InChI is InChI=1S/C23H33NO/c1-2-3-4-8-11-24-21(25)23-15-18-12-19(16-23)14-22(13-18,17-23)20-9-6-5-7-10-20/h5-7,9-10,18-19H,2-4,8,11-17H2,1H3,(H,24,25)/t18-,19-,22?,23?/m0/s1. The fourth-order valence-corrected chi connectivity index (χ4v) is 6.60. The lowest BCUT2D eigenvalue weighted by molar-refractivity contribution is -0.149. The van der Waals surface area contributed by atoms with Crippen molar-refractivity contribution in [1.82, 2.24) is 5.32 Å². The number of rotatable bonds is 7. The number of carbonyl (C=O) groups excluding carboxylic acids is 1. The van der Waals surface area contributed by atoms with Crippen molar-refractivity contribution in [2.45, 2.75) is 76.5 Å². The van der Waals surface area contributed by atoms with Crippen LogP contribution in [0.2, 0.25) is 0 Å². The molecule has 0 saturated heterocycles. The molecular formula is C23H33NO. The first kappa shape index (κ1) is 17.1. The lowest BCUT2D eigenvalue weighted by Gasteiger charge is -2.61. The molecule has 0 aliphatic heterocycles. The maximum atomic E-state index is 13.2. The summed E-state index contributed by atoms with van der Waals surface area (Å²) in [6, 6.07) is 11.1. The topological polar surface area (TPSA) is 29.1 Å². The normalized spacial score (nSPS) is 35.7. The number of carbonyl (C=O) groups is 1. The van der Waals surface area contributed by atoms with E-state index >= 15 is 0 Å². The van der Waals surface area contributed by atoms with Crippen LogP contribution in [0.4, 0.5) is 0 Å². The summed E-state index contributed by atoms with van der Waals surface area (Å²) in [6.07, 6.45) is 12.2. The van der Waals surface area contributed by atoms with Gasteiger partial charge in [0.2, 0.25) is 5.91 Å². The summed E-state index contributed by atoms with van der Waals surface area (Å²) >= 11 is 0. The van der Waals surface area contributed by atoms with Gasteiger partial charge in [-0.15, -0.1) is 0 Å². The summed E-state index contributed by atoms with van der Waals surface area (Å²) in [5.74, 6) is 1.89. The van der Waals surface area contributed by atoms with E-state index in [2.05, 4.69) is 42.6 Å². The highest BCUT2D eigenvalue weighted by atomic mass is 16.2. The van der Waals surface area contributed by atoms with Crippen molar-refractivity contribution in [3.8, 4) is 0 Å². The molecule has 2 atom stereocenters. The Hall–Kier alpha value is -1.31. The molecule has 5 rings (SSSR count). The molecule has 1 aromatic rings. The molecule has 4 aliphatic rings. The zero-order valence-corrected chi connectivity index (χ0v) is 15.7. The van der Waals surface area contributed by atoms with Crippen LogP contribution in [0, 0.1) is 17.3 Å². The van der Waals surface area contributed by atoms with E-state index in [4.69, 9.17) is 0 Å². The summed E-state index contributed by atoms with van der Waals surface area (Å²) in [6.45, 7) is 3.10. The van der Waals surface area contributed by atoms with Gasteiger partial charge in [0.05, 0.1) is 5.41 Å². The van der Waals surface area contributed by atoms with Gasteiger partial charge in [-0.1, -0.05) is 56.5 Å². The van der Waals surface area contributed by atoms with Gasteiger partial charge in [0.15, 0.2) is 0 Å². The van der Waals surface area contributed by atoms with Crippen molar-refractivity contribution < 1.29 is 4.79 Å². The zero-order valence-electron chi connectivity index (χ0n) is 15.7. The summed E-state index contributed by atoms with van der Waals surface area (Å²) in [5.41, 5.74) is 1.68. The smallest absolute Gasteiger partial charge is 0.226 e. The van der Waals surface area contributed by atoms with Crippen LogP contribution in [-0.2, 0) is 10.2 Å². The Morgan fingerprint density at radius 1 is 1.04 bits per heavy atom. The van der Waals surface area contributed by atoms with Crippen LogP contribution >= 0.6 is 0 Å². The average Bonchev–Trinajstić information content (AvgIpc) is 2.61. The molecule has 1 aromatic carbocycles. The van der Waals surface area contributed by atoms with Crippen LogP contribution < -0.4 is 5.32 Å². The van der Waals surface area contributed by atoms with E-state index in [-0.39, 0.29) is 10.8 Å². The maximum absolute atomic E-state index is 13.2. The third kappa shape index (κ3) is 3.13. The Labute approximate surface area is 152 Å². The molecule has 0 unspecified atom stereocenters. The monoisotopic (exact) mass is 339 g/mol. The van der Waals surface area contributed by atoms with Gasteiger partial charge in [0.1, 0.15) is 0 Å². The minimum atomic E-state index is -0.0787.